The first-order valence-corrected chi connectivity index (χ1v) is 7.74. The minimum atomic E-state index is -0.333. The van der Waals surface area contributed by atoms with Crippen LogP contribution in [0.3, 0.4) is 0 Å². The van der Waals surface area contributed by atoms with Crippen LogP contribution in [0.5, 0.6) is 0 Å². The first-order chi connectivity index (χ1) is 9.45. The van der Waals surface area contributed by atoms with E-state index in [2.05, 4.69) is 15.9 Å². The van der Waals surface area contributed by atoms with E-state index in [0.29, 0.717) is 34.8 Å². The smallest absolute Gasteiger partial charge is 0.338 e. The van der Waals surface area contributed by atoms with Gasteiger partial charge in [0.05, 0.1) is 17.9 Å². The van der Waals surface area contributed by atoms with E-state index in [4.69, 9.17) is 22.1 Å². The normalized spacial score (nSPS) is 10.8. The average molecular weight is 364 g/mol. The molecule has 0 amide bonds. The van der Waals surface area contributed by atoms with E-state index >= 15 is 0 Å². The summed E-state index contributed by atoms with van der Waals surface area (Å²) in [7, 11) is 3.90. The molecular weight excluding hydrogens is 344 g/mol. The Balaban J connectivity index is 2.79. The first-order valence-electron chi connectivity index (χ1n) is 6.41. The molecule has 0 aliphatic heterocycles. The molecule has 0 aliphatic rings. The number of benzene rings is 1. The molecule has 20 heavy (non-hydrogen) atoms. The number of nitrogen functional groups attached to an aromatic ring is 1. The van der Waals surface area contributed by atoms with E-state index in [1.807, 2.05) is 19.0 Å². The van der Waals surface area contributed by atoms with E-state index < -0.39 is 0 Å². The van der Waals surface area contributed by atoms with Gasteiger partial charge in [-0.25, -0.2) is 4.79 Å². The van der Waals surface area contributed by atoms with Crippen molar-refractivity contribution >= 4 is 39.2 Å². The van der Waals surface area contributed by atoms with Crippen LogP contribution in [0, 0.1) is 0 Å². The summed E-state index contributed by atoms with van der Waals surface area (Å²) in [6, 6.07) is 3.47. The molecule has 112 valence electrons. The van der Waals surface area contributed by atoms with Crippen LogP contribution in [0.15, 0.2) is 16.6 Å². The number of anilines is 1. The van der Waals surface area contributed by atoms with Crippen molar-refractivity contribution in [2.75, 3.05) is 32.3 Å². The second kappa shape index (κ2) is 8.49. The van der Waals surface area contributed by atoms with Gasteiger partial charge in [0.25, 0.3) is 0 Å². The first kappa shape index (κ1) is 17.3. The van der Waals surface area contributed by atoms with Crippen molar-refractivity contribution < 1.29 is 9.53 Å². The Kier molecular flexibility index (Phi) is 7.34. The van der Waals surface area contributed by atoms with Gasteiger partial charge in [-0.15, -0.1) is 11.6 Å². The van der Waals surface area contributed by atoms with E-state index in [-0.39, 0.29) is 5.97 Å². The van der Waals surface area contributed by atoms with Gasteiger partial charge in [0.2, 0.25) is 0 Å². The summed E-state index contributed by atoms with van der Waals surface area (Å²) in [5, 5.41) is 0. The SMILES string of the molecule is CN(C)Cc1cc(C(=O)OCCCCCl)cc(Br)c1N. The Labute approximate surface area is 133 Å². The average Bonchev–Trinajstić information content (AvgIpc) is 2.39. The van der Waals surface area contributed by atoms with E-state index in [0.717, 1.165) is 18.4 Å². The summed E-state index contributed by atoms with van der Waals surface area (Å²) in [6.07, 6.45) is 1.61. The second-order valence-corrected chi connectivity index (χ2v) is 6.03. The molecule has 1 aromatic rings. The molecule has 0 aromatic heterocycles. The Morgan fingerprint density at radius 1 is 1.40 bits per heavy atom. The number of carbonyl (C=O) groups excluding carboxylic acids is 1. The van der Waals surface area contributed by atoms with Crippen molar-refractivity contribution in [3.05, 3.63) is 27.7 Å². The van der Waals surface area contributed by atoms with Crippen LogP contribution in [-0.2, 0) is 11.3 Å². The Morgan fingerprint density at radius 2 is 2.10 bits per heavy atom. The van der Waals surface area contributed by atoms with E-state index in [1.165, 1.54) is 0 Å². The van der Waals surface area contributed by atoms with Crippen LogP contribution in [0.1, 0.15) is 28.8 Å². The second-order valence-electron chi connectivity index (χ2n) is 4.80. The number of nitrogens with two attached hydrogens (primary N) is 1. The van der Waals surface area contributed by atoms with Crippen LogP contribution >= 0.6 is 27.5 Å². The lowest BCUT2D eigenvalue weighted by molar-refractivity contribution is 0.0499. The molecule has 0 saturated heterocycles. The molecule has 0 atom stereocenters. The lowest BCUT2D eigenvalue weighted by atomic mass is 10.1. The van der Waals surface area contributed by atoms with Gasteiger partial charge in [-0.2, -0.15) is 0 Å². The topological polar surface area (TPSA) is 55.6 Å². The fourth-order valence-corrected chi connectivity index (χ4v) is 2.40. The van der Waals surface area contributed by atoms with E-state index in [9.17, 15) is 4.79 Å². The van der Waals surface area contributed by atoms with Crippen molar-refractivity contribution in [2.24, 2.45) is 0 Å². The monoisotopic (exact) mass is 362 g/mol. The van der Waals surface area contributed by atoms with Gasteiger partial charge in [-0.05, 0) is 60.6 Å². The predicted octanol–water partition coefficient (Wildman–Crippen LogP) is 3.27. The molecule has 0 unspecified atom stereocenters. The number of nitrogens with zero attached hydrogens (tertiary/aromatic N) is 1. The number of esters is 1. The lowest BCUT2D eigenvalue weighted by Gasteiger charge is -2.14. The van der Waals surface area contributed by atoms with Crippen molar-refractivity contribution in [2.45, 2.75) is 19.4 Å². The molecule has 0 bridgehead atoms. The summed E-state index contributed by atoms with van der Waals surface area (Å²) in [4.78, 5) is 14.0. The fourth-order valence-electron chi connectivity index (χ4n) is 1.71. The number of rotatable bonds is 7. The minimum absolute atomic E-state index is 0.333. The minimum Gasteiger partial charge on any atom is -0.462 e. The van der Waals surface area contributed by atoms with Gasteiger partial charge < -0.3 is 15.4 Å². The van der Waals surface area contributed by atoms with Crippen molar-refractivity contribution in [1.82, 2.24) is 4.90 Å². The Hall–Kier alpha value is -0.780. The third kappa shape index (κ3) is 5.31. The number of halogens is 2. The fraction of sp³-hybridized carbons (Fsp3) is 0.500. The van der Waals surface area contributed by atoms with Gasteiger partial charge in [0, 0.05) is 16.9 Å². The standard InChI is InChI=1S/C14H20BrClN2O2/c1-18(2)9-11-7-10(8-12(15)13(11)17)14(19)20-6-4-3-5-16/h7-8H,3-6,9,17H2,1-2H3. The molecule has 0 aliphatic carbocycles. The van der Waals surface area contributed by atoms with Gasteiger partial charge in [0.15, 0.2) is 0 Å². The summed E-state index contributed by atoms with van der Waals surface area (Å²) in [5.74, 6) is 0.248. The van der Waals surface area contributed by atoms with Gasteiger partial charge in [0.1, 0.15) is 0 Å². The zero-order valence-corrected chi connectivity index (χ0v) is 14.1. The molecular formula is C14H20BrClN2O2. The predicted molar refractivity (Wildman–Crippen MR) is 86.2 cm³/mol. The van der Waals surface area contributed by atoms with Crippen LogP contribution in [0.4, 0.5) is 5.69 Å². The number of hydrogen-bond donors (Lipinski definition) is 1. The van der Waals surface area contributed by atoms with Crippen LogP contribution in [0.2, 0.25) is 0 Å². The highest BCUT2D eigenvalue weighted by atomic mass is 79.9. The Morgan fingerprint density at radius 3 is 2.70 bits per heavy atom. The Bertz CT molecular complexity index is 467. The summed E-state index contributed by atoms with van der Waals surface area (Å²) in [5.41, 5.74) is 8.06. The summed E-state index contributed by atoms with van der Waals surface area (Å²) < 4.78 is 5.92. The third-order valence-corrected chi connectivity index (χ3v) is 3.62. The zero-order valence-electron chi connectivity index (χ0n) is 11.8. The summed E-state index contributed by atoms with van der Waals surface area (Å²) >= 11 is 8.96. The lowest BCUT2D eigenvalue weighted by Crippen LogP contribution is -2.14. The number of alkyl halides is 1. The summed E-state index contributed by atoms with van der Waals surface area (Å²) in [6.45, 7) is 1.05. The number of carbonyl (C=O) groups is 1. The molecule has 1 aromatic carbocycles. The van der Waals surface area contributed by atoms with Crippen molar-refractivity contribution in [1.29, 1.82) is 0 Å². The van der Waals surface area contributed by atoms with Crippen LogP contribution < -0.4 is 5.73 Å². The molecule has 6 heteroatoms. The van der Waals surface area contributed by atoms with Crippen molar-refractivity contribution in [3.63, 3.8) is 0 Å². The molecule has 0 fully saturated rings. The highest BCUT2D eigenvalue weighted by molar-refractivity contribution is 9.10. The molecule has 0 radical (unpaired) electrons. The molecule has 0 saturated carbocycles. The third-order valence-electron chi connectivity index (χ3n) is 2.70. The largest absolute Gasteiger partial charge is 0.462 e. The maximum atomic E-state index is 12.0. The molecule has 0 heterocycles. The van der Waals surface area contributed by atoms with Crippen LogP contribution in [0.25, 0.3) is 0 Å². The molecule has 1 rings (SSSR count). The zero-order chi connectivity index (χ0) is 15.1. The molecule has 4 nitrogen and oxygen atoms in total. The van der Waals surface area contributed by atoms with E-state index in [1.54, 1.807) is 12.1 Å². The van der Waals surface area contributed by atoms with Gasteiger partial charge >= 0.3 is 5.97 Å². The number of ether oxygens (including phenoxy) is 1. The van der Waals surface area contributed by atoms with Crippen molar-refractivity contribution in [3.8, 4) is 0 Å². The maximum Gasteiger partial charge on any atom is 0.338 e. The van der Waals surface area contributed by atoms with Gasteiger partial charge in [-0.3, -0.25) is 0 Å². The van der Waals surface area contributed by atoms with Gasteiger partial charge in [-0.1, -0.05) is 0 Å². The maximum absolute atomic E-state index is 12.0. The van der Waals surface area contributed by atoms with Crippen LogP contribution in [-0.4, -0.2) is 37.5 Å². The number of hydrogen-bond acceptors (Lipinski definition) is 4. The number of unbranched alkanes of at least 4 members (excludes halogenated alkanes) is 1. The highest BCUT2D eigenvalue weighted by Gasteiger charge is 2.13. The quantitative estimate of drug-likeness (QED) is 0.350. The highest BCUT2D eigenvalue weighted by Crippen LogP contribution is 2.26. The molecule has 0 spiro atoms. The molecule has 2 N–H and O–H groups in total.